The third-order valence-electron chi connectivity index (χ3n) is 11.1. The van der Waals surface area contributed by atoms with E-state index in [9.17, 15) is 5.11 Å². The van der Waals surface area contributed by atoms with Crippen LogP contribution in [0.5, 0.6) is 11.8 Å². The lowest BCUT2D eigenvalue weighted by molar-refractivity contribution is 0.0832. The number of phenolic OH excluding ortho intramolecular Hbond substituents is 1. The molecule has 4 aliphatic heterocycles. The minimum Gasteiger partial charge on any atom is -0.508 e. The SMILES string of the molecule is Oc1cc(-c2ncc3c(N4CC5CCC(C4)N5)nc(OC[C@]45CCCN4[C@@H]4CCC[C@@H]4C5)nc3c2F)c2c(Cl)cccc2c1. The van der Waals surface area contributed by atoms with Gasteiger partial charge in [-0.2, -0.15) is 9.97 Å². The highest BCUT2D eigenvalue weighted by atomic mass is 35.5. The van der Waals surface area contributed by atoms with Crippen LogP contribution in [0.15, 0.2) is 36.5 Å². The van der Waals surface area contributed by atoms with Gasteiger partial charge in [-0.05, 0) is 81.0 Å². The number of hydrogen-bond acceptors (Lipinski definition) is 8. The molecule has 5 aliphatic rings. The topological polar surface area (TPSA) is 86.6 Å². The molecule has 1 saturated carbocycles. The summed E-state index contributed by atoms with van der Waals surface area (Å²) in [7, 11) is 0. The standard InChI is InChI=1S/C34H36ClFN6O2/c35-26-6-1-4-19-12-23(43)13-24(28(19)26)30-29(36)31-25(15-37-30)32(41-16-21-8-9-22(17-41)38-21)40-33(39-31)44-18-34-10-3-11-42(34)27-7-2-5-20(27)14-34/h1,4,6,12-13,15,20-22,27,38,43H,2-3,5,7-11,14,16-18H2/t20-,21?,22?,27-,34-/m1/s1. The molecule has 6 heterocycles. The minimum absolute atomic E-state index is 0.0152. The largest absolute Gasteiger partial charge is 0.508 e. The van der Waals surface area contributed by atoms with Gasteiger partial charge in [-0.1, -0.05) is 30.2 Å². The molecule has 4 saturated heterocycles. The number of nitrogens with one attached hydrogen (secondary N) is 1. The fourth-order valence-corrected chi connectivity index (χ4v) is 9.58. The number of benzene rings is 2. The molecular weight excluding hydrogens is 579 g/mol. The number of ether oxygens (including phenoxy) is 1. The van der Waals surface area contributed by atoms with Crippen LogP contribution in [0.25, 0.3) is 32.9 Å². The van der Waals surface area contributed by atoms with E-state index in [1.807, 2.05) is 12.1 Å². The average molecular weight is 615 g/mol. The Hall–Kier alpha value is -3.27. The molecular formula is C34H36ClFN6O2. The predicted octanol–water partition coefficient (Wildman–Crippen LogP) is 6.07. The number of hydrogen-bond donors (Lipinski definition) is 2. The first kappa shape index (κ1) is 27.1. The second kappa shape index (κ2) is 10.1. The average Bonchev–Trinajstić information content (AvgIpc) is 3.77. The summed E-state index contributed by atoms with van der Waals surface area (Å²) in [5.74, 6) is 0.862. The predicted molar refractivity (Wildman–Crippen MR) is 169 cm³/mol. The summed E-state index contributed by atoms with van der Waals surface area (Å²) in [5, 5.41) is 16.6. The van der Waals surface area contributed by atoms with E-state index in [1.165, 1.54) is 31.7 Å². The highest BCUT2D eigenvalue weighted by Crippen LogP contribution is 2.51. The van der Waals surface area contributed by atoms with Crippen LogP contribution >= 0.6 is 11.6 Å². The van der Waals surface area contributed by atoms with Crippen LogP contribution in [-0.4, -0.2) is 74.9 Å². The van der Waals surface area contributed by atoms with Crippen LogP contribution in [0.3, 0.4) is 0 Å². The number of phenols is 1. The molecule has 9 rings (SSSR count). The van der Waals surface area contributed by atoms with E-state index in [0.29, 0.717) is 57.3 Å². The first-order valence-corrected chi connectivity index (χ1v) is 16.5. The van der Waals surface area contributed by atoms with Crippen LogP contribution in [0.4, 0.5) is 10.2 Å². The molecule has 5 fully saturated rings. The molecule has 228 valence electrons. The molecule has 8 nitrogen and oxygen atoms in total. The van der Waals surface area contributed by atoms with Gasteiger partial charge in [0, 0.05) is 53.4 Å². The summed E-state index contributed by atoms with van der Waals surface area (Å²) in [5.41, 5.74) is 0.702. The van der Waals surface area contributed by atoms with Crippen molar-refractivity contribution in [3.8, 4) is 23.0 Å². The Labute approximate surface area is 260 Å². The van der Waals surface area contributed by atoms with E-state index in [4.69, 9.17) is 26.3 Å². The lowest BCUT2D eigenvalue weighted by Gasteiger charge is -2.35. The maximum Gasteiger partial charge on any atom is 0.319 e. The summed E-state index contributed by atoms with van der Waals surface area (Å²) >= 11 is 6.61. The summed E-state index contributed by atoms with van der Waals surface area (Å²) in [6, 6.07) is 10.2. The number of halogens is 2. The molecule has 2 bridgehead atoms. The number of piperazine rings is 1. The third kappa shape index (κ3) is 4.19. The molecule has 10 heteroatoms. The highest BCUT2D eigenvalue weighted by molar-refractivity contribution is 6.36. The first-order valence-electron chi connectivity index (χ1n) is 16.1. The second-order valence-electron chi connectivity index (χ2n) is 13.7. The molecule has 5 atom stereocenters. The van der Waals surface area contributed by atoms with E-state index >= 15 is 4.39 Å². The molecule has 0 radical (unpaired) electrons. The van der Waals surface area contributed by atoms with Gasteiger partial charge < -0.3 is 20.1 Å². The summed E-state index contributed by atoms with van der Waals surface area (Å²) in [6.07, 6.45) is 11.3. The Kier molecular flexibility index (Phi) is 6.23. The van der Waals surface area contributed by atoms with Crippen molar-refractivity contribution < 1.29 is 14.2 Å². The fraction of sp³-hybridized carbons (Fsp3) is 0.500. The molecule has 0 spiro atoms. The Balaban J connectivity index is 1.16. The Morgan fingerprint density at radius 1 is 1.09 bits per heavy atom. The highest BCUT2D eigenvalue weighted by Gasteiger charge is 2.55. The van der Waals surface area contributed by atoms with Crippen LogP contribution in [-0.2, 0) is 0 Å². The zero-order valence-corrected chi connectivity index (χ0v) is 25.4. The van der Waals surface area contributed by atoms with Crippen LogP contribution < -0.4 is 15.0 Å². The Bertz CT molecular complexity index is 1790. The zero-order chi connectivity index (χ0) is 29.6. The van der Waals surface area contributed by atoms with Gasteiger partial charge in [0.1, 0.15) is 29.4 Å². The van der Waals surface area contributed by atoms with Crippen molar-refractivity contribution in [3.63, 3.8) is 0 Å². The van der Waals surface area contributed by atoms with Gasteiger partial charge in [0.25, 0.3) is 0 Å². The smallest absolute Gasteiger partial charge is 0.319 e. The molecule has 0 amide bonds. The number of pyridine rings is 1. The van der Waals surface area contributed by atoms with Crippen molar-refractivity contribution in [3.05, 3.63) is 47.4 Å². The molecule has 1 aliphatic carbocycles. The van der Waals surface area contributed by atoms with Crippen molar-refractivity contribution >= 4 is 39.1 Å². The fourth-order valence-electron chi connectivity index (χ4n) is 9.30. The van der Waals surface area contributed by atoms with Crippen LogP contribution in [0.2, 0.25) is 5.02 Å². The molecule has 2 aromatic heterocycles. The van der Waals surface area contributed by atoms with E-state index in [0.717, 1.165) is 51.2 Å². The Morgan fingerprint density at radius 2 is 1.95 bits per heavy atom. The monoisotopic (exact) mass is 614 g/mol. The maximum absolute atomic E-state index is 16.8. The molecule has 4 aromatic rings. The Morgan fingerprint density at radius 3 is 2.82 bits per heavy atom. The molecule has 2 unspecified atom stereocenters. The summed E-state index contributed by atoms with van der Waals surface area (Å²) in [6.45, 7) is 3.23. The number of aromatic hydroxyl groups is 1. The number of rotatable bonds is 5. The third-order valence-corrected chi connectivity index (χ3v) is 11.4. The number of fused-ring (bicyclic) bond motifs is 7. The van der Waals surface area contributed by atoms with Gasteiger partial charge in [0.15, 0.2) is 5.82 Å². The molecule has 2 aromatic carbocycles. The van der Waals surface area contributed by atoms with Gasteiger partial charge in [-0.25, -0.2) is 4.39 Å². The summed E-state index contributed by atoms with van der Waals surface area (Å²) < 4.78 is 23.3. The lowest BCUT2D eigenvalue weighted by atomic mass is 9.90. The van der Waals surface area contributed by atoms with Crippen molar-refractivity contribution in [1.29, 1.82) is 0 Å². The first-order chi connectivity index (χ1) is 21.5. The van der Waals surface area contributed by atoms with Crippen LogP contribution in [0, 0.1) is 11.7 Å². The van der Waals surface area contributed by atoms with Gasteiger partial charge in [0.05, 0.1) is 10.9 Å². The number of nitrogens with zero attached hydrogens (tertiary/aromatic N) is 5. The quantitative estimate of drug-likeness (QED) is 0.280. The van der Waals surface area contributed by atoms with Crippen molar-refractivity contribution in [1.82, 2.24) is 25.2 Å². The van der Waals surface area contributed by atoms with Crippen molar-refractivity contribution in [2.75, 3.05) is 31.1 Å². The normalized spacial score (nSPS) is 29.5. The molecule has 2 N–H and O–H groups in total. The lowest BCUT2D eigenvalue weighted by Crippen LogP contribution is -2.51. The summed E-state index contributed by atoms with van der Waals surface area (Å²) in [4.78, 5) is 19.3. The van der Waals surface area contributed by atoms with E-state index in [-0.39, 0.29) is 28.5 Å². The van der Waals surface area contributed by atoms with E-state index < -0.39 is 5.82 Å². The zero-order valence-electron chi connectivity index (χ0n) is 24.6. The van der Waals surface area contributed by atoms with Gasteiger partial charge in [0.2, 0.25) is 0 Å². The molecule has 44 heavy (non-hydrogen) atoms. The maximum atomic E-state index is 16.8. The van der Waals surface area contributed by atoms with Gasteiger partial charge in [-0.15, -0.1) is 0 Å². The second-order valence-corrected chi connectivity index (χ2v) is 14.1. The number of aromatic nitrogens is 3. The van der Waals surface area contributed by atoms with E-state index in [1.54, 1.807) is 18.3 Å². The van der Waals surface area contributed by atoms with Crippen molar-refractivity contribution in [2.24, 2.45) is 5.92 Å². The van der Waals surface area contributed by atoms with Gasteiger partial charge >= 0.3 is 6.01 Å². The number of anilines is 1. The van der Waals surface area contributed by atoms with Crippen molar-refractivity contribution in [2.45, 2.75) is 75.0 Å². The van der Waals surface area contributed by atoms with E-state index in [2.05, 4.69) is 20.1 Å². The van der Waals surface area contributed by atoms with Gasteiger partial charge in [-0.3, -0.25) is 9.88 Å². The minimum atomic E-state index is -0.572. The van der Waals surface area contributed by atoms with Crippen LogP contribution in [0.1, 0.15) is 51.4 Å².